The van der Waals surface area contributed by atoms with Gasteiger partial charge in [-0.05, 0) is 40.5 Å². The Balaban J connectivity index is 2.37. The summed E-state index contributed by atoms with van der Waals surface area (Å²) in [4.78, 5) is 11.3. The van der Waals surface area contributed by atoms with Crippen LogP contribution in [-0.4, -0.2) is 19.1 Å². The van der Waals surface area contributed by atoms with Crippen LogP contribution in [0.4, 0.5) is 4.39 Å². The molecule has 0 atom stereocenters. The number of amides is 1. The molecule has 5 heteroatoms. The largest absolute Gasteiger partial charge is 0.483 e. The van der Waals surface area contributed by atoms with Gasteiger partial charge in [0.25, 0.3) is 5.91 Å². The SMILES string of the molecule is CCCCNC(=O)COc1ccc(F)cc1Br. The highest BCUT2D eigenvalue weighted by Crippen LogP contribution is 2.25. The van der Waals surface area contributed by atoms with E-state index in [1.165, 1.54) is 18.2 Å². The first-order valence-electron chi connectivity index (χ1n) is 5.48. The third-order valence-corrected chi connectivity index (χ3v) is 2.72. The second-order valence-corrected chi connectivity index (χ2v) is 4.42. The Hall–Kier alpha value is -1.10. The number of carbonyl (C=O) groups is 1. The van der Waals surface area contributed by atoms with Crippen molar-refractivity contribution in [3.8, 4) is 5.75 Å². The highest BCUT2D eigenvalue weighted by Gasteiger charge is 2.05. The van der Waals surface area contributed by atoms with Crippen LogP contribution in [0, 0.1) is 5.82 Å². The maximum absolute atomic E-state index is 12.8. The quantitative estimate of drug-likeness (QED) is 0.821. The predicted octanol–water partition coefficient (Wildman–Crippen LogP) is 2.88. The van der Waals surface area contributed by atoms with Gasteiger partial charge in [0.15, 0.2) is 6.61 Å². The van der Waals surface area contributed by atoms with Crippen molar-refractivity contribution >= 4 is 21.8 Å². The molecule has 0 aliphatic carbocycles. The molecule has 0 fully saturated rings. The highest BCUT2D eigenvalue weighted by molar-refractivity contribution is 9.10. The smallest absolute Gasteiger partial charge is 0.257 e. The zero-order valence-electron chi connectivity index (χ0n) is 9.63. The molecular formula is C12H15BrFNO2. The molecule has 0 saturated heterocycles. The number of hydrogen-bond donors (Lipinski definition) is 1. The number of unbranched alkanes of at least 4 members (excludes halogenated alkanes) is 1. The van der Waals surface area contributed by atoms with Crippen molar-refractivity contribution in [1.82, 2.24) is 5.32 Å². The van der Waals surface area contributed by atoms with Crippen molar-refractivity contribution in [2.45, 2.75) is 19.8 Å². The fourth-order valence-electron chi connectivity index (χ4n) is 1.19. The van der Waals surface area contributed by atoms with Gasteiger partial charge in [-0.3, -0.25) is 4.79 Å². The number of benzene rings is 1. The van der Waals surface area contributed by atoms with Crippen LogP contribution in [0.3, 0.4) is 0 Å². The summed E-state index contributed by atoms with van der Waals surface area (Å²) in [7, 11) is 0. The summed E-state index contributed by atoms with van der Waals surface area (Å²) in [6, 6.07) is 4.07. The Morgan fingerprint density at radius 2 is 2.29 bits per heavy atom. The number of carbonyl (C=O) groups excluding carboxylic acids is 1. The molecule has 1 rings (SSSR count). The minimum atomic E-state index is -0.350. The van der Waals surface area contributed by atoms with Crippen molar-refractivity contribution in [2.75, 3.05) is 13.2 Å². The van der Waals surface area contributed by atoms with Crippen molar-refractivity contribution in [3.63, 3.8) is 0 Å². The number of ether oxygens (including phenoxy) is 1. The van der Waals surface area contributed by atoms with Crippen molar-refractivity contribution in [1.29, 1.82) is 0 Å². The van der Waals surface area contributed by atoms with Crippen molar-refractivity contribution < 1.29 is 13.9 Å². The number of nitrogens with one attached hydrogen (secondary N) is 1. The second kappa shape index (κ2) is 7.27. The van der Waals surface area contributed by atoms with E-state index in [9.17, 15) is 9.18 Å². The van der Waals surface area contributed by atoms with E-state index in [0.717, 1.165) is 12.8 Å². The summed E-state index contributed by atoms with van der Waals surface area (Å²) in [5, 5.41) is 2.73. The molecule has 0 saturated carbocycles. The van der Waals surface area contributed by atoms with Crippen LogP contribution < -0.4 is 10.1 Å². The van der Waals surface area contributed by atoms with Gasteiger partial charge >= 0.3 is 0 Å². The molecule has 0 aliphatic rings. The molecule has 0 unspecified atom stereocenters. The summed E-state index contributed by atoms with van der Waals surface area (Å²) >= 11 is 3.16. The van der Waals surface area contributed by atoms with Crippen LogP contribution in [0.2, 0.25) is 0 Å². The molecule has 3 nitrogen and oxygen atoms in total. The lowest BCUT2D eigenvalue weighted by Crippen LogP contribution is -2.29. The number of halogens is 2. The standard InChI is InChI=1S/C12H15BrFNO2/c1-2-3-6-15-12(16)8-17-11-5-4-9(14)7-10(11)13/h4-5,7H,2-3,6,8H2,1H3,(H,15,16). The molecule has 0 aromatic heterocycles. The zero-order valence-corrected chi connectivity index (χ0v) is 11.2. The molecule has 1 amide bonds. The molecule has 0 heterocycles. The number of hydrogen-bond acceptors (Lipinski definition) is 2. The van der Waals surface area contributed by atoms with Crippen LogP contribution in [0.5, 0.6) is 5.75 Å². The van der Waals surface area contributed by atoms with E-state index in [-0.39, 0.29) is 18.3 Å². The molecule has 0 aliphatic heterocycles. The fraction of sp³-hybridized carbons (Fsp3) is 0.417. The van der Waals surface area contributed by atoms with Crippen molar-refractivity contribution in [2.24, 2.45) is 0 Å². The Kier molecular flexibility index (Phi) is 5.97. The van der Waals surface area contributed by atoms with Gasteiger partial charge in [0, 0.05) is 6.54 Å². The van der Waals surface area contributed by atoms with Gasteiger partial charge in [-0.15, -0.1) is 0 Å². The summed E-state index contributed by atoms with van der Waals surface area (Å²) in [6.07, 6.45) is 1.98. The first-order valence-corrected chi connectivity index (χ1v) is 6.27. The molecule has 0 bridgehead atoms. The molecular weight excluding hydrogens is 289 g/mol. The molecule has 17 heavy (non-hydrogen) atoms. The molecule has 1 N–H and O–H groups in total. The Labute approximate surface area is 108 Å². The lowest BCUT2D eigenvalue weighted by molar-refractivity contribution is -0.123. The van der Waals surface area contributed by atoms with Crippen LogP contribution in [0.15, 0.2) is 22.7 Å². The summed E-state index contributed by atoms with van der Waals surface area (Å²) in [5.41, 5.74) is 0. The van der Waals surface area contributed by atoms with Crippen LogP contribution in [-0.2, 0) is 4.79 Å². The van der Waals surface area contributed by atoms with Crippen LogP contribution in [0.25, 0.3) is 0 Å². The Morgan fingerprint density at radius 3 is 2.94 bits per heavy atom. The topological polar surface area (TPSA) is 38.3 Å². The van der Waals surface area contributed by atoms with E-state index in [4.69, 9.17) is 4.74 Å². The normalized spacial score (nSPS) is 10.1. The van der Waals surface area contributed by atoms with Crippen molar-refractivity contribution in [3.05, 3.63) is 28.5 Å². The van der Waals surface area contributed by atoms with E-state index >= 15 is 0 Å². The molecule has 1 aromatic rings. The van der Waals surface area contributed by atoms with Gasteiger partial charge in [-0.2, -0.15) is 0 Å². The van der Waals surface area contributed by atoms with E-state index in [0.29, 0.717) is 16.8 Å². The highest BCUT2D eigenvalue weighted by atomic mass is 79.9. The van der Waals surface area contributed by atoms with Gasteiger partial charge in [0.05, 0.1) is 4.47 Å². The first kappa shape index (κ1) is 14.0. The molecule has 94 valence electrons. The van der Waals surface area contributed by atoms with E-state index in [1.807, 2.05) is 0 Å². The molecule has 0 radical (unpaired) electrons. The Morgan fingerprint density at radius 1 is 1.53 bits per heavy atom. The number of rotatable bonds is 6. The fourth-order valence-corrected chi connectivity index (χ4v) is 1.66. The van der Waals surface area contributed by atoms with Gasteiger partial charge in [-0.1, -0.05) is 13.3 Å². The van der Waals surface area contributed by atoms with Gasteiger partial charge in [-0.25, -0.2) is 4.39 Å². The summed E-state index contributed by atoms with van der Waals surface area (Å²) in [5.74, 6) is -0.0664. The van der Waals surface area contributed by atoms with E-state index in [2.05, 4.69) is 28.2 Å². The van der Waals surface area contributed by atoms with Gasteiger partial charge in [0.2, 0.25) is 0 Å². The lowest BCUT2D eigenvalue weighted by atomic mass is 10.3. The summed E-state index contributed by atoms with van der Waals surface area (Å²) < 4.78 is 18.5. The lowest BCUT2D eigenvalue weighted by Gasteiger charge is -2.08. The second-order valence-electron chi connectivity index (χ2n) is 3.57. The minimum absolute atomic E-state index is 0.0616. The maximum atomic E-state index is 12.8. The molecule has 1 aromatic carbocycles. The average molecular weight is 304 g/mol. The van der Waals surface area contributed by atoms with Gasteiger partial charge in [0.1, 0.15) is 11.6 Å². The first-order chi connectivity index (χ1) is 8.13. The third kappa shape index (κ3) is 5.17. The monoisotopic (exact) mass is 303 g/mol. The minimum Gasteiger partial charge on any atom is -0.483 e. The zero-order chi connectivity index (χ0) is 12.7. The van der Waals surface area contributed by atoms with Crippen LogP contribution in [0.1, 0.15) is 19.8 Å². The van der Waals surface area contributed by atoms with Crippen LogP contribution >= 0.6 is 15.9 Å². The summed E-state index contributed by atoms with van der Waals surface area (Å²) in [6.45, 7) is 2.65. The van der Waals surface area contributed by atoms with E-state index in [1.54, 1.807) is 0 Å². The maximum Gasteiger partial charge on any atom is 0.257 e. The third-order valence-electron chi connectivity index (χ3n) is 2.11. The predicted molar refractivity (Wildman–Crippen MR) is 67.5 cm³/mol. The van der Waals surface area contributed by atoms with Gasteiger partial charge < -0.3 is 10.1 Å². The Bertz CT molecular complexity index is 385. The average Bonchev–Trinajstić information content (AvgIpc) is 2.28. The molecule has 0 spiro atoms. The van der Waals surface area contributed by atoms with E-state index < -0.39 is 0 Å².